The Labute approximate surface area is 158 Å². The summed E-state index contributed by atoms with van der Waals surface area (Å²) in [4.78, 5) is 19.3. The molecule has 1 fully saturated rings. The monoisotopic (exact) mass is 369 g/mol. The molecule has 0 spiro atoms. The summed E-state index contributed by atoms with van der Waals surface area (Å²) in [7, 11) is 1.62. The molecule has 1 amide bonds. The van der Waals surface area contributed by atoms with Gasteiger partial charge in [0.05, 0.1) is 18.6 Å². The van der Waals surface area contributed by atoms with Crippen molar-refractivity contribution in [2.75, 3.05) is 31.3 Å². The highest BCUT2D eigenvalue weighted by Crippen LogP contribution is 2.21. The summed E-state index contributed by atoms with van der Waals surface area (Å²) in [6.45, 7) is 2.00. The van der Waals surface area contributed by atoms with Crippen molar-refractivity contribution in [1.29, 1.82) is 0 Å². The number of nitrogens with zero attached hydrogens (tertiary/aromatic N) is 2. The molecule has 136 valence electrons. The Morgan fingerprint density at radius 2 is 1.81 bits per heavy atom. The fraction of sp³-hybridized carbons (Fsp3) is 0.300. The molecular weight excluding hydrogens is 346 g/mol. The fourth-order valence-corrected chi connectivity index (χ4v) is 3.58. The molecule has 1 saturated heterocycles. The van der Waals surface area contributed by atoms with E-state index in [0.29, 0.717) is 5.75 Å². The predicted molar refractivity (Wildman–Crippen MR) is 108 cm³/mol. The first kappa shape index (κ1) is 18.3. The minimum atomic E-state index is -0.0416. The van der Waals surface area contributed by atoms with Crippen molar-refractivity contribution in [1.82, 2.24) is 4.90 Å². The molecular formula is C20H23N3O2S. The largest absolute Gasteiger partial charge is 0.497 e. The van der Waals surface area contributed by atoms with Crippen molar-refractivity contribution >= 4 is 34.2 Å². The molecule has 26 heavy (non-hydrogen) atoms. The van der Waals surface area contributed by atoms with E-state index in [1.54, 1.807) is 7.11 Å². The molecule has 2 aromatic carbocycles. The van der Waals surface area contributed by atoms with E-state index in [2.05, 4.69) is 10.2 Å². The average Bonchev–Trinajstić information content (AvgIpc) is 3.21. The summed E-state index contributed by atoms with van der Waals surface area (Å²) >= 11 is 1.49. The molecule has 0 unspecified atom stereocenters. The zero-order valence-corrected chi connectivity index (χ0v) is 15.7. The molecule has 0 atom stereocenters. The van der Waals surface area contributed by atoms with Crippen LogP contribution in [0.25, 0.3) is 0 Å². The van der Waals surface area contributed by atoms with Crippen LogP contribution in [0.1, 0.15) is 12.8 Å². The maximum atomic E-state index is 12.3. The Balaban J connectivity index is 1.61. The van der Waals surface area contributed by atoms with Gasteiger partial charge >= 0.3 is 0 Å². The number of amides is 1. The third kappa shape index (κ3) is 5.26. The van der Waals surface area contributed by atoms with E-state index in [1.165, 1.54) is 24.6 Å². The lowest BCUT2D eigenvalue weighted by Gasteiger charge is -2.19. The van der Waals surface area contributed by atoms with Gasteiger partial charge in [-0.2, -0.15) is 0 Å². The summed E-state index contributed by atoms with van der Waals surface area (Å²) in [5.41, 5.74) is 1.68. The van der Waals surface area contributed by atoms with Gasteiger partial charge in [-0.05, 0) is 49.2 Å². The third-order valence-corrected chi connectivity index (χ3v) is 5.08. The van der Waals surface area contributed by atoms with Gasteiger partial charge in [0.25, 0.3) is 0 Å². The Kier molecular flexibility index (Phi) is 6.55. The number of likely N-dealkylation sites (tertiary alicyclic amines) is 1. The van der Waals surface area contributed by atoms with Gasteiger partial charge in [-0.25, -0.2) is 4.99 Å². The number of carbonyl (C=O) groups is 1. The molecule has 1 heterocycles. The fourth-order valence-electron chi connectivity index (χ4n) is 2.72. The van der Waals surface area contributed by atoms with Gasteiger partial charge in [-0.1, -0.05) is 30.0 Å². The number of hydrogen-bond acceptors (Lipinski definition) is 4. The molecule has 1 aliphatic heterocycles. The molecule has 1 N–H and O–H groups in total. The molecule has 6 heteroatoms. The third-order valence-electron chi connectivity index (χ3n) is 4.06. The number of carbonyl (C=O) groups excluding carboxylic acids is 1. The smallest absolute Gasteiger partial charge is 0.234 e. The van der Waals surface area contributed by atoms with E-state index in [0.717, 1.165) is 35.4 Å². The molecule has 0 saturated carbocycles. The number of amidine groups is 1. The molecule has 0 aliphatic carbocycles. The molecule has 3 rings (SSSR count). The van der Waals surface area contributed by atoms with E-state index in [4.69, 9.17) is 9.73 Å². The highest BCUT2D eigenvalue weighted by Gasteiger charge is 2.18. The number of rotatable bonds is 5. The van der Waals surface area contributed by atoms with Crippen molar-refractivity contribution in [3.05, 3.63) is 54.6 Å². The Morgan fingerprint density at radius 3 is 2.46 bits per heavy atom. The normalized spacial score (nSPS) is 14.3. The van der Waals surface area contributed by atoms with Crippen LogP contribution in [0.4, 0.5) is 11.4 Å². The Bertz CT molecular complexity index is 741. The lowest BCUT2D eigenvalue weighted by molar-refractivity contribution is -0.113. The lowest BCUT2D eigenvalue weighted by Crippen LogP contribution is -2.27. The summed E-state index contributed by atoms with van der Waals surface area (Å²) in [5, 5.41) is 3.83. The first-order valence-corrected chi connectivity index (χ1v) is 9.68. The standard InChI is InChI=1S/C20H23N3O2S/c1-25-18-11-9-17(10-12-18)21-19(24)15-26-20(23-13-5-6-14-23)22-16-7-3-2-4-8-16/h2-4,7-12H,5-6,13-15H2,1H3,(H,21,24). The second kappa shape index (κ2) is 9.29. The summed E-state index contributed by atoms with van der Waals surface area (Å²) < 4.78 is 5.13. The predicted octanol–water partition coefficient (Wildman–Crippen LogP) is 4.15. The summed E-state index contributed by atoms with van der Waals surface area (Å²) in [6, 6.07) is 17.2. The van der Waals surface area contributed by atoms with Crippen LogP contribution in [0.2, 0.25) is 0 Å². The van der Waals surface area contributed by atoms with Crippen LogP contribution in [0.5, 0.6) is 5.75 Å². The molecule has 1 aliphatic rings. The highest BCUT2D eigenvalue weighted by atomic mass is 32.2. The van der Waals surface area contributed by atoms with Crippen LogP contribution < -0.4 is 10.1 Å². The van der Waals surface area contributed by atoms with Gasteiger partial charge in [0.2, 0.25) is 5.91 Å². The van der Waals surface area contributed by atoms with Crippen LogP contribution in [-0.2, 0) is 4.79 Å². The van der Waals surface area contributed by atoms with E-state index in [1.807, 2.05) is 54.6 Å². The summed E-state index contributed by atoms with van der Waals surface area (Å²) in [5.74, 6) is 1.05. The number of ether oxygens (including phenoxy) is 1. The van der Waals surface area contributed by atoms with Crippen molar-refractivity contribution in [3.8, 4) is 5.75 Å². The van der Waals surface area contributed by atoms with Gasteiger partial charge in [-0.15, -0.1) is 0 Å². The van der Waals surface area contributed by atoms with Crippen LogP contribution in [0.3, 0.4) is 0 Å². The lowest BCUT2D eigenvalue weighted by atomic mass is 10.3. The van der Waals surface area contributed by atoms with Crippen LogP contribution in [-0.4, -0.2) is 41.9 Å². The molecule has 0 bridgehead atoms. The number of hydrogen-bond donors (Lipinski definition) is 1. The minimum absolute atomic E-state index is 0.0416. The number of aliphatic imine (C=N–C) groups is 1. The molecule has 2 aromatic rings. The van der Waals surface area contributed by atoms with Gasteiger partial charge in [0, 0.05) is 18.8 Å². The summed E-state index contributed by atoms with van der Waals surface area (Å²) in [6.07, 6.45) is 2.35. The number of methoxy groups -OCH3 is 1. The van der Waals surface area contributed by atoms with E-state index >= 15 is 0 Å². The van der Waals surface area contributed by atoms with Crippen molar-refractivity contribution < 1.29 is 9.53 Å². The number of anilines is 1. The van der Waals surface area contributed by atoms with Gasteiger partial charge < -0.3 is 15.0 Å². The number of nitrogens with one attached hydrogen (secondary N) is 1. The van der Waals surface area contributed by atoms with E-state index in [-0.39, 0.29) is 5.91 Å². The zero-order valence-electron chi connectivity index (χ0n) is 14.9. The number of thioether (sulfide) groups is 1. The maximum Gasteiger partial charge on any atom is 0.234 e. The molecule has 0 aromatic heterocycles. The average molecular weight is 369 g/mol. The Hall–Kier alpha value is -2.47. The molecule has 0 radical (unpaired) electrons. The number of benzene rings is 2. The first-order valence-electron chi connectivity index (χ1n) is 8.70. The van der Waals surface area contributed by atoms with Crippen LogP contribution in [0.15, 0.2) is 59.6 Å². The highest BCUT2D eigenvalue weighted by molar-refractivity contribution is 8.14. The topological polar surface area (TPSA) is 53.9 Å². The van der Waals surface area contributed by atoms with E-state index < -0.39 is 0 Å². The van der Waals surface area contributed by atoms with Crippen LogP contribution in [0, 0.1) is 0 Å². The quantitative estimate of drug-likeness (QED) is 0.635. The second-order valence-corrected chi connectivity index (χ2v) is 6.93. The van der Waals surface area contributed by atoms with Gasteiger partial charge in [0.15, 0.2) is 5.17 Å². The first-order chi connectivity index (χ1) is 12.7. The molecule has 5 nitrogen and oxygen atoms in total. The Morgan fingerprint density at radius 1 is 1.12 bits per heavy atom. The van der Waals surface area contributed by atoms with Crippen LogP contribution >= 0.6 is 11.8 Å². The van der Waals surface area contributed by atoms with Crippen molar-refractivity contribution in [3.63, 3.8) is 0 Å². The van der Waals surface area contributed by atoms with Crippen molar-refractivity contribution in [2.24, 2.45) is 4.99 Å². The van der Waals surface area contributed by atoms with Gasteiger partial charge in [0.1, 0.15) is 5.75 Å². The van der Waals surface area contributed by atoms with Crippen molar-refractivity contribution in [2.45, 2.75) is 12.8 Å². The number of para-hydroxylation sites is 1. The second-order valence-electron chi connectivity index (χ2n) is 5.99. The van der Waals surface area contributed by atoms with Gasteiger partial charge in [-0.3, -0.25) is 4.79 Å². The van der Waals surface area contributed by atoms with E-state index in [9.17, 15) is 4.79 Å². The maximum absolute atomic E-state index is 12.3. The SMILES string of the molecule is COc1ccc(NC(=O)CSC(=Nc2ccccc2)N2CCCC2)cc1. The minimum Gasteiger partial charge on any atom is -0.497 e. The zero-order chi connectivity index (χ0) is 18.2.